The lowest BCUT2D eigenvalue weighted by Gasteiger charge is -2.46. The number of piperidine rings is 1. The van der Waals surface area contributed by atoms with Crippen molar-refractivity contribution in [3.05, 3.63) is 66.0 Å². The predicted octanol–water partition coefficient (Wildman–Crippen LogP) is 4.57. The summed E-state index contributed by atoms with van der Waals surface area (Å²) < 4.78 is 25.9. The second kappa shape index (κ2) is 11.2. The van der Waals surface area contributed by atoms with Crippen LogP contribution in [-0.4, -0.2) is 67.6 Å². The van der Waals surface area contributed by atoms with Gasteiger partial charge < -0.3 is 19.3 Å². The molecule has 6 nitrogen and oxygen atoms in total. The molecule has 0 N–H and O–H groups in total. The number of hydrogen-bond acceptors (Lipinski definition) is 4. The number of benzene rings is 2. The maximum atomic E-state index is 14.2. The van der Waals surface area contributed by atoms with E-state index in [1.165, 1.54) is 12.1 Å². The molecule has 3 fully saturated rings. The van der Waals surface area contributed by atoms with Crippen LogP contribution in [0.25, 0.3) is 0 Å². The maximum absolute atomic E-state index is 14.2. The van der Waals surface area contributed by atoms with E-state index in [0.717, 1.165) is 49.8 Å². The van der Waals surface area contributed by atoms with Crippen LogP contribution >= 0.6 is 0 Å². The van der Waals surface area contributed by atoms with Crippen molar-refractivity contribution in [2.24, 2.45) is 5.41 Å². The Kier molecular flexibility index (Phi) is 7.79. The first-order valence-corrected chi connectivity index (χ1v) is 13.6. The smallest absolute Gasteiger partial charge is 0.233 e. The number of ether oxygens (including phenoxy) is 2. The van der Waals surface area contributed by atoms with E-state index in [4.69, 9.17) is 9.47 Å². The standard InChI is InChI=1S/C30H37FN2O4/c31-25-9-6-8-24(20-25)30(13-4-5-14-30)28(35)33-15-7-12-29(22-33,23-37-26-10-2-1-3-11-26)21-27(34)32-16-18-36-19-17-32/h1-3,6,8-11,20H,4-5,7,12-19,21-23H2/t29-/m1/s1. The van der Waals surface area contributed by atoms with Crippen LogP contribution in [0, 0.1) is 11.2 Å². The largest absolute Gasteiger partial charge is 0.493 e. The Morgan fingerprint density at radius 2 is 1.65 bits per heavy atom. The second-order valence-electron chi connectivity index (χ2n) is 10.9. The predicted molar refractivity (Wildman–Crippen MR) is 139 cm³/mol. The molecule has 2 amide bonds. The highest BCUT2D eigenvalue weighted by Gasteiger charge is 2.48. The van der Waals surface area contributed by atoms with Crippen molar-refractivity contribution in [3.8, 4) is 5.75 Å². The van der Waals surface area contributed by atoms with Gasteiger partial charge in [-0.1, -0.05) is 43.2 Å². The quantitative estimate of drug-likeness (QED) is 0.550. The number of nitrogens with zero attached hydrogens (tertiary/aromatic N) is 2. The minimum Gasteiger partial charge on any atom is -0.493 e. The minimum absolute atomic E-state index is 0.0678. The van der Waals surface area contributed by atoms with E-state index < -0.39 is 10.8 Å². The average Bonchev–Trinajstić information content (AvgIpc) is 3.44. The highest BCUT2D eigenvalue weighted by molar-refractivity contribution is 5.89. The Balaban J connectivity index is 1.39. The van der Waals surface area contributed by atoms with Crippen LogP contribution in [0.5, 0.6) is 5.75 Å². The summed E-state index contributed by atoms with van der Waals surface area (Å²) in [5.41, 5.74) is -0.406. The van der Waals surface area contributed by atoms with Crippen LogP contribution in [-0.2, 0) is 19.7 Å². The van der Waals surface area contributed by atoms with Crippen LogP contribution in [0.2, 0.25) is 0 Å². The van der Waals surface area contributed by atoms with E-state index in [2.05, 4.69) is 0 Å². The fourth-order valence-corrected chi connectivity index (χ4v) is 6.39. The number of carbonyl (C=O) groups excluding carboxylic acids is 2. The summed E-state index contributed by atoms with van der Waals surface area (Å²) in [5, 5.41) is 0. The molecule has 1 aliphatic carbocycles. The lowest BCUT2D eigenvalue weighted by atomic mass is 9.74. The molecular formula is C30H37FN2O4. The molecule has 3 aliphatic rings. The van der Waals surface area contributed by atoms with Gasteiger partial charge in [-0.15, -0.1) is 0 Å². The topological polar surface area (TPSA) is 59.1 Å². The third-order valence-electron chi connectivity index (χ3n) is 8.37. The van der Waals surface area contributed by atoms with Gasteiger partial charge >= 0.3 is 0 Å². The highest BCUT2D eigenvalue weighted by Crippen LogP contribution is 2.45. The zero-order valence-corrected chi connectivity index (χ0v) is 21.5. The number of likely N-dealkylation sites (tertiary alicyclic amines) is 1. The van der Waals surface area contributed by atoms with Crippen molar-refractivity contribution >= 4 is 11.8 Å². The molecule has 7 heteroatoms. The van der Waals surface area contributed by atoms with Gasteiger partial charge in [-0.05, 0) is 55.5 Å². The molecule has 198 valence electrons. The van der Waals surface area contributed by atoms with Crippen LogP contribution in [0.4, 0.5) is 4.39 Å². The van der Waals surface area contributed by atoms with Gasteiger partial charge in [0.15, 0.2) is 0 Å². The molecule has 0 unspecified atom stereocenters. The summed E-state index contributed by atoms with van der Waals surface area (Å²) in [6.07, 6.45) is 5.31. The Hall–Kier alpha value is -2.93. The molecule has 0 bridgehead atoms. The van der Waals surface area contributed by atoms with E-state index in [1.54, 1.807) is 6.07 Å². The molecule has 0 radical (unpaired) electrons. The Morgan fingerprint density at radius 1 is 0.892 bits per heavy atom. The highest BCUT2D eigenvalue weighted by atomic mass is 19.1. The Labute approximate surface area is 218 Å². The first-order valence-electron chi connectivity index (χ1n) is 13.6. The van der Waals surface area contributed by atoms with Crippen molar-refractivity contribution in [1.82, 2.24) is 9.80 Å². The van der Waals surface area contributed by atoms with Gasteiger partial charge in [-0.2, -0.15) is 0 Å². The Bertz CT molecular complexity index is 1080. The summed E-state index contributed by atoms with van der Waals surface area (Å²) in [5.74, 6) is 0.612. The van der Waals surface area contributed by atoms with Crippen LogP contribution in [0.15, 0.2) is 54.6 Å². The van der Waals surface area contributed by atoms with E-state index in [9.17, 15) is 14.0 Å². The molecule has 37 heavy (non-hydrogen) atoms. The lowest BCUT2D eigenvalue weighted by Crippen LogP contribution is -2.55. The van der Waals surface area contributed by atoms with Gasteiger partial charge in [-0.3, -0.25) is 9.59 Å². The first kappa shape index (κ1) is 25.7. The van der Waals surface area contributed by atoms with E-state index >= 15 is 0 Å². The Morgan fingerprint density at radius 3 is 2.38 bits per heavy atom. The van der Waals surface area contributed by atoms with E-state index in [0.29, 0.717) is 52.4 Å². The average molecular weight is 509 g/mol. The molecule has 0 aromatic heterocycles. The first-order chi connectivity index (χ1) is 18.0. The monoisotopic (exact) mass is 508 g/mol. The van der Waals surface area contributed by atoms with E-state index in [1.807, 2.05) is 46.2 Å². The summed E-state index contributed by atoms with van der Waals surface area (Å²) in [7, 11) is 0. The zero-order chi connectivity index (χ0) is 25.7. The minimum atomic E-state index is -0.695. The number of carbonyl (C=O) groups is 2. The van der Waals surface area contributed by atoms with Gasteiger partial charge in [-0.25, -0.2) is 4.39 Å². The fourth-order valence-electron chi connectivity index (χ4n) is 6.39. The second-order valence-corrected chi connectivity index (χ2v) is 10.9. The molecule has 0 spiro atoms. The molecular weight excluding hydrogens is 471 g/mol. The molecule has 2 aromatic rings. The molecule has 1 saturated carbocycles. The van der Waals surface area contributed by atoms with Crippen molar-refractivity contribution in [1.29, 1.82) is 0 Å². The molecule has 2 saturated heterocycles. The third-order valence-corrected chi connectivity index (χ3v) is 8.37. The van der Waals surface area contributed by atoms with Crippen molar-refractivity contribution in [2.45, 2.75) is 50.4 Å². The molecule has 2 aliphatic heterocycles. The number of amides is 2. The van der Waals surface area contributed by atoms with Crippen LogP contribution in [0.3, 0.4) is 0 Å². The van der Waals surface area contributed by atoms with Crippen LogP contribution < -0.4 is 4.74 Å². The van der Waals surface area contributed by atoms with Crippen LogP contribution in [0.1, 0.15) is 50.5 Å². The fraction of sp³-hybridized carbons (Fsp3) is 0.533. The maximum Gasteiger partial charge on any atom is 0.233 e. The number of hydrogen-bond donors (Lipinski definition) is 0. The summed E-state index contributed by atoms with van der Waals surface area (Å²) in [6, 6.07) is 16.2. The molecule has 5 rings (SSSR count). The van der Waals surface area contributed by atoms with Crippen molar-refractivity contribution < 1.29 is 23.5 Å². The van der Waals surface area contributed by atoms with Gasteiger partial charge in [0.05, 0.1) is 25.2 Å². The molecule has 2 heterocycles. The van der Waals surface area contributed by atoms with Gasteiger partial charge in [0, 0.05) is 38.0 Å². The summed E-state index contributed by atoms with van der Waals surface area (Å²) in [4.78, 5) is 31.5. The molecule has 1 atom stereocenters. The number of rotatable bonds is 7. The van der Waals surface area contributed by atoms with Crippen molar-refractivity contribution in [2.75, 3.05) is 46.0 Å². The summed E-state index contributed by atoms with van der Waals surface area (Å²) >= 11 is 0. The summed E-state index contributed by atoms with van der Waals surface area (Å²) in [6.45, 7) is 3.78. The number of morpholine rings is 1. The SMILES string of the molecule is O=C(C[C@]1(COc2ccccc2)CCCN(C(=O)C2(c3cccc(F)c3)CCCC2)C1)N1CCOCC1. The van der Waals surface area contributed by atoms with Crippen molar-refractivity contribution in [3.63, 3.8) is 0 Å². The normalized spacial score (nSPS) is 23.6. The zero-order valence-electron chi connectivity index (χ0n) is 21.5. The van der Waals surface area contributed by atoms with Gasteiger partial charge in [0.2, 0.25) is 11.8 Å². The third kappa shape index (κ3) is 5.66. The lowest BCUT2D eigenvalue weighted by molar-refractivity contribution is -0.146. The van der Waals surface area contributed by atoms with Gasteiger partial charge in [0.25, 0.3) is 0 Å². The van der Waals surface area contributed by atoms with Gasteiger partial charge in [0.1, 0.15) is 11.6 Å². The van der Waals surface area contributed by atoms with E-state index in [-0.39, 0.29) is 17.6 Å². The number of para-hydroxylation sites is 1. The number of halogens is 1. The molecule has 2 aromatic carbocycles.